The smallest absolute Gasteiger partial charge is 0.269 e. The van der Waals surface area contributed by atoms with Crippen molar-refractivity contribution in [2.24, 2.45) is 5.92 Å². The zero-order valence-electron chi connectivity index (χ0n) is 14.6. The Balaban J connectivity index is 1.51. The molecule has 3 rings (SSSR count). The van der Waals surface area contributed by atoms with Crippen molar-refractivity contribution < 1.29 is 14.5 Å². The van der Waals surface area contributed by atoms with Crippen molar-refractivity contribution in [3.05, 3.63) is 39.9 Å². The lowest BCUT2D eigenvalue weighted by atomic mass is 10.0. The minimum atomic E-state index is -0.455. The van der Waals surface area contributed by atoms with Crippen LogP contribution in [0.5, 0.6) is 0 Å². The van der Waals surface area contributed by atoms with Crippen LogP contribution in [-0.4, -0.2) is 66.6 Å². The third-order valence-corrected chi connectivity index (χ3v) is 5.29. The first-order valence-corrected chi connectivity index (χ1v) is 8.86. The van der Waals surface area contributed by atoms with E-state index in [0.29, 0.717) is 11.5 Å². The van der Waals surface area contributed by atoms with Gasteiger partial charge in [-0.2, -0.15) is 0 Å². The predicted octanol–water partition coefficient (Wildman–Crippen LogP) is 2.17. The summed E-state index contributed by atoms with van der Waals surface area (Å²) in [5.74, 6) is 0.577. The van der Waals surface area contributed by atoms with Gasteiger partial charge in [0.2, 0.25) is 0 Å². The highest BCUT2D eigenvalue weighted by molar-refractivity contribution is 5.94. The fraction of sp³-hybridized carbons (Fsp3) is 0.611. The van der Waals surface area contributed by atoms with Crippen LogP contribution in [0, 0.1) is 16.0 Å². The third kappa shape index (κ3) is 4.35. The summed E-state index contributed by atoms with van der Waals surface area (Å²) < 4.78 is 5.44. The van der Waals surface area contributed by atoms with E-state index in [1.807, 2.05) is 7.05 Å². The molecule has 7 heteroatoms. The van der Waals surface area contributed by atoms with Gasteiger partial charge in [0.1, 0.15) is 0 Å². The van der Waals surface area contributed by atoms with E-state index in [9.17, 15) is 14.9 Å². The molecule has 0 aliphatic carbocycles. The van der Waals surface area contributed by atoms with Crippen molar-refractivity contribution >= 4 is 11.6 Å². The number of hydrogen-bond acceptors (Lipinski definition) is 5. The number of likely N-dealkylation sites (tertiary alicyclic amines) is 1. The van der Waals surface area contributed by atoms with Gasteiger partial charge in [0.25, 0.3) is 11.6 Å². The van der Waals surface area contributed by atoms with E-state index in [4.69, 9.17) is 4.74 Å². The number of amides is 1. The largest absolute Gasteiger partial charge is 0.381 e. The van der Waals surface area contributed by atoms with E-state index < -0.39 is 4.92 Å². The number of non-ortho nitro benzene ring substituents is 1. The number of nitro groups is 1. The number of hydrogen-bond donors (Lipinski definition) is 0. The molecule has 0 N–H and O–H groups in total. The molecule has 0 aromatic heterocycles. The van der Waals surface area contributed by atoms with Gasteiger partial charge < -0.3 is 14.5 Å². The lowest BCUT2D eigenvalue weighted by molar-refractivity contribution is -0.384. The molecule has 0 unspecified atom stereocenters. The maximum absolute atomic E-state index is 12.6. The minimum Gasteiger partial charge on any atom is -0.381 e. The van der Waals surface area contributed by atoms with Crippen LogP contribution in [0.4, 0.5) is 5.69 Å². The number of carbonyl (C=O) groups excluding carboxylic acids is 1. The molecule has 1 aromatic carbocycles. The van der Waals surface area contributed by atoms with Gasteiger partial charge in [-0.3, -0.25) is 14.9 Å². The Morgan fingerprint density at radius 3 is 2.52 bits per heavy atom. The lowest BCUT2D eigenvalue weighted by Gasteiger charge is -2.37. The molecule has 2 aliphatic heterocycles. The number of ether oxygens (including phenoxy) is 1. The van der Waals surface area contributed by atoms with E-state index >= 15 is 0 Å². The Bertz CT molecular complexity index is 605. The maximum atomic E-state index is 12.6. The molecule has 136 valence electrons. The highest BCUT2D eigenvalue weighted by Gasteiger charge is 2.28. The number of nitrogens with zero attached hydrogens (tertiary/aromatic N) is 3. The first-order valence-electron chi connectivity index (χ1n) is 8.86. The van der Waals surface area contributed by atoms with Gasteiger partial charge in [0, 0.05) is 57.0 Å². The van der Waals surface area contributed by atoms with Crippen LogP contribution in [0.15, 0.2) is 24.3 Å². The molecule has 2 saturated heterocycles. The Kier molecular flexibility index (Phi) is 5.65. The third-order valence-electron chi connectivity index (χ3n) is 5.29. The van der Waals surface area contributed by atoms with Crippen LogP contribution < -0.4 is 0 Å². The van der Waals surface area contributed by atoms with Crippen molar-refractivity contribution in [1.29, 1.82) is 0 Å². The summed E-state index contributed by atoms with van der Waals surface area (Å²) in [6.07, 6.45) is 3.07. The van der Waals surface area contributed by atoms with Gasteiger partial charge in [-0.1, -0.05) is 0 Å². The molecule has 1 aromatic rings. The van der Waals surface area contributed by atoms with Gasteiger partial charge in [0.05, 0.1) is 11.5 Å². The SMILES string of the molecule is CN(C(=O)c1ccc([N+](=O)[O-])cc1)C1CCN(C[C@@H]2CCOC2)CC1. The van der Waals surface area contributed by atoms with Gasteiger partial charge >= 0.3 is 0 Å². The second kappa shape index (κ2) is 7.93. The van der Waals surface area contributed by atoms with Crippen molar-refractivity contribution in [1.82, 2.24) is 9.80 Å². The van der Waals surface area contributed by atoms with Crippen molar-refractivity contribution in [2.45, 2.75) is 25.3 Å². The summed E-state index contributed by atoms with van der Waals surface area (Å²) in [7, 11) is 1.83. The fourth-order valence-electron chi connectivity index (χ4n) is 3.68. The summed E-state index contributed by atoms with van der Waals surface area (Å²) in [5.41, 5.74) is 0.502. The number of carbonyl (C=O) groups is 1. The van der Waals surface area contributed by atoms with E-state index in [1.165, 1.54) is 24.3 Å². The summed E-state index contributed by atoms with van der Waals surface area (Å²) >= 11 is 0. The zero-order chi connectivity index (χ0) is 17.8. The quantitative estimate of drug-likeness (QED) is 0.603. The number of nitro benzene ring substituents is 1. The lowest BCUT2D eigenvalue weighted by Crippen LogP contribution is -2.46. The molecule has 0 radical (unpaired) electrons. The fourth-order valence-corrected chi connectivity index (χ4v) is 3.68. The molecular weight excluding hydrogens is 322 g/mol. The summed E-state index contributed by atoms with van der Waals surface area (Å²) in [6, 6.07) is 6.05. The second-order valence-electron chi connectivity index (χ2n) is 6.98. The average molecular weight is 347 g/mol. The standard InChI is InChI=1S/C18H25N3O4/c1-19(18(22)15-2-4-17(5-3-15)21(23)24)16-6-9-20(10-7-16)12-14-8-11-25-13-14/h2-5,14,16H,6-13H2,1H3/t14-/m0/s1. The normalized spacial score (nSPS) is 22.0. The van der Waals surface area contributed by atoms with Crippen LogP contribution in [0.25, 0.3) is 0 Å². The Morgan fingerprint density at radius 2 is 1.96 bits per heavy atom. The minimum absolute atomic E-state index is 0.00315. The Labute approximate surface area is 147 Å². The molecule has 2 fully saturated rings. The summed E-state index contributed by atoms with van der Waals surface area (Å²) in [6.45, 7) is 4.84. The summed E-state index contributed by atoms with van der Waals surface area (Å²) in [4.78, 5) is 27.1. The molecule has 0 spiro atoms. The number of piperidine rings is 1. The summed E-state index contributed by atoms with van der Waals surface area (Å²) in [5, 5.41) is 10.7. The highest BCUT2D eigenvalue weighted by atomic mass is 16.6. The van der Waals surface area contributed by atoms with Gasteiger partial charge in [-0.15, -0.1) is 0 Å². The van der Waals surface area contributed by atoms with Gasteiger partial charge in [0.15, 0.2) is 0 Å². The first-order chi connectivity index (χ1) is 12.0. The molecule has 1 amide bonds. The van der Waals surface area contributed by atoms with E-state index in [0.717, 1.165) is 52.1 Å². The van der Waals surface area contributed by atoms with Gasteiger partial charge in [-0.05, 0) is 37.3 Å². The van der Waals surface area contributed by atoms with Gasteiger partial charge in [-0.25, -0.2) is 0 Å². The Morgan fingerprint density at radius 1 is 1.28 bits per heavy atom. The van der Waals surface area contributed by atoms with Crippen molar-refractivity contribution in [3.63, 3.8) is 0 Å². The van der Waals surface area contributed by atoms with Crippen molar-refractivity contribution in [2.75, 3.05) is 39.9 Å². The maximum Gasteiger partial charge on any atom is 0.269 e. The monoisotopic (exact) mass is 347 g/mol. The first kappa shape index (κ1) is 17.8. The second-order valence-corrected chi connectivity index (χ2v) is 6.98. The molecule has 2 aliphatic rings. The molecular formula is C18H25N3O4. The van der Waals surface area contributed by atoms with Crippen LogP contribution >= 0.6 is 0 Å². The van der Waals surface area contributed by atoms with Crippen molar-refractivity contribution in [3.8, 4) is 0 Å². The zero-order valence-corrected chi connectivity index (χ0v) is 14.6. The molecule has 7 nitrogen and oxygen atoms in total. The molecule has 2 heterocycles. The number of rotatable bonds is 5. The van der Waals surface area contributed by atoms with Crippen LogP contribution in [0.1, 0.15) is 29.6 Å². The van der Waals surface area contributed by atoms with E-state index in [1.54, 1.807) is 4.90 Å². The molecule has 1 atom stereocenters. The van der Waals surface area contributed by atoms with Crippen LogP contribution in [0.2, 0.25) is 0 Å². The van der Waals surface area contributed by atoms with E-state index in [-0.39, 0.29) is 17.6 Å². The Hall–Kier alpha value is -1.99. The highest BCUT2D eigenvalue weighted by Crippen LogP contribution is 2.21. The van der Waals surface area contributed by atoms with Crippen LogP contribution in [-0.2, 0) is 4.74 Å². The number of benzene rings is 1. The topological polar surface area (TPSA) is 75.9 Å². The molecule has 25 heavy (non-hydrogen) atoms. The van der Waals surface area contributed by atoms with E-state index in [2.05, 4.69) is 4.90 Å². The predicted molar refractivity (Wildman–Crippen MR) is 93.6 cm³/mol. The van der Waals surface area contributed by atoms with Crippen LogP contribution in [0.3, 0.4) is 0 Å². The average Bonchev–Trinajstić information content (AvgIpc) is 3.14. The molecule has 0 bridgehead atoms. The molecule has 0 saturated carbocycles.